The van der Waals surface area contributed by atoms with Crippen molar-refractivity contribution in [3.63, 3.8) is 0 Å². The van der Waals surface area contributed by atoms with Crippen LogP contribution < -0.4 is 47.1 Å². The topological polar surface area (TPSA) is 0 Å². The first-order chi connectivity index (χ1) is 42.5. The van der Waals surface area contributed by atoms with Crippen molar-refractivity contribution < 1.29 is 0 Å². The van der Waals surface area contributed by atoms with E-state index in [9.17, 15) is 0 Å². The van der Waals surface area contributed by atoms with Crippen molar-refractivity contribution in [3.8, 4) is 0 Å². The molecule has 8 heteroatoms. The zero-order valence-corrected chi connectivity index (χ0v) is 67.6. The molecular weight excluding hydrogens is 1410 g/mol. The van der Waals surface area contributed by atoms with Crippen molar-refractivity contribution in [1.29, 1.82) is 0 Å². The number of hydrogen-bond acceptors (Lipinski definition) is 0. The Labute approximate surface area is 582 Å². The first-order valence-electron chi connectivity index (χ1n) is 33.2. The quantitative estimate of drug-likeness (QED) is 0.151. The average molecular weight is 1500 g/mol. The Morgan fingerprint density at radius 3 is 0.783 bits per heavy atom. The van der Waals surface area contributed by atoms with Crippen molar-refractivity contribution >= 4 is 192 Å². The van der Waals surface area contributed by atoms with Crippen LogP contribution in [0, 0.1) is 0 Å². The molecule has 0 radical (unpaired) electrons. The fraction of sp³-hybridized carbons (Fsp3) is 0.333. The first kappa shape index (κ1) is 69.0. The van der Waals surface area contributed by atoms with E-state index in [0.717, 1.165) is 20.1 Å². The van der Waals surface area contributed by atoms with E-state index in [1.54, 1.807) is 7.16 Å². The van der Waals surface area contributed by atoms with Crippen LogP contribution >= 0.6 is 46.4 Å². The molecule has 4 heterocycles. The normalized spacial score (nSPS) is 15.5. The number of rotatable bonds is 2. The molecule has 0 nitrogen and oxygen atoms in total. The molecule has 4 aliphatic heterocycles. The molecule has 472 valence electrons. The van der Waals surface area contributed by atoms with Gasteiger partial charge in [0.2, 0.25) is 13.4 Å². The molecule has 8 aromatic carbocycles. The average Bonchev–Trinajstić information content (AvgIpc) is 1.26. The Bertz CT molecular complexity index is 4090. The monoisotopic (exact) mass is 1500 g/mol. The molecule has 12 rings (SSSR count). The Morgan fingerprint density at radius 1 is 0.250 bits per heavy atom. The molecule has 0 spiro atoms. The van der Waals surface area contributed by atoms with E-state index in [4.69, 9.17) is 46.4 Å². The van der Waals surface area contributed by atoms with Gasteiger partial charge in [-0.25, -0.2) is 0 Å². The summed E-state index contributed by atoms with van der Waals surface area (Å²) in [5, 5.41) is 3.21. The Hall–Kier alpha value is -4.39. The van der Waals surface area contributed by atoms with Gasteiger partial charge in [-0.3, -0.25) is 0 Å². The molecule has 0 bridgehead atoms. The Morgan fingerprint density at radius 2 is 0.489 bits per heavy atom. The molecule has 0 atom stereocenters. The molecule has 0 aromatic heterocycles. The second-order valence-electron chi connectivity index (χ2n) is 34.1. The number of fused-ring (bicyclic) bond motifs is 8. The summed E-state index contributed by atoms with van der Waals surface area (Å²) in [6, 6.07) is 46.1. The summed E-state index contributed by atoms with van der Waals surface area (Å²) in [5.74, 6) is 0. The van der Waals surface area contributed by atoms with Gasteiger partial charge in [0.05, 0.1) is 0 Å². The van der Waals surface area contributed by atoms with Gasteiger partial charge in [-0.2, -0.15) is 0 Å². The third kappa shape index (κ3) is 13.2. The van der Waals surface area contributed by atoms with E-state index in [1.165, 1.54) is 118 Å². The van der Waals surface area contributed by atoms with Gasteiger partial charge in [0.25, 0.3) is 0 Å². The van der Waals surface area contributed by atoms with Crippen molar-refractivity contribution in [2.75, 3.05) is 0 Å². The van der Waals surface area contributed by atoms with Crippen LogP contribution in [0.5, 0.6) is 0 Å². The number of hydrogen-bond donors (Lipinski definition) is 0. The van der Waals surface area contributed by atoms with Crippen molar-refractivity contribution in [1.82, 2.24) is 0 Å². The molecule has 0 fully saturated rings. The minimum absolute atomic E-state index is 0.0133. The van der Waals surface area contributed by atoms with Crippen LogP contribution in [0.25, 0.3) is 48.6 Å². The summed E-state index contributed by atoms with van der Waals surface area (Å²) in [6.45, 7) is 42.6. The van der Waals surface area contributed by atoms with Crippen molar-refractivity contribution in [3.05, 3.63) is 219 Å². The Kier molecular flexibility index (Phi) is 18.2. The minimum atomic E-state index is -2.81. The van der Waals surface area contributed by atoms with E-state index in [2.05, 4.69) is 290 Å². The molecule has 0 aliphatic carbocycles. The maximum atomic E-state index is 7.04. The molecule has 0 N–H and O–H groups in total. The number of benzene rings is 8. The number of halogens is 4. The predicted molar refractivity (Wildman–Crippen MR) is 422 cm³/mol. The molecule has 0 amide bonds. The van der Waals surface area contributed by atoms with Crippen LogP contribution in [0.2, 0.25) is 39.8 Å². The van der Waals surface area contributed by atoms with Crippen LogP contribution in [0.1, 0.15) is 203 Å². The van der Waals surface area contributed by atoms with Gasteiger partial charge in [-0.05, 0) is 112 Å². The van der Waals surface area contributed by atoms with Gasteiger partial charge in [-0.1, -0.05) is 253 Å². The van der Waals surface area contributed by atoms with E-state index in [0.29, 0.717) is 0 Å². The van der Waals surface area contributed by atoms with Crippen molar-refractivity contribution in [2.45, 2.75) is 177 Å². The van der Waals surface area contributed by atoms with Gasteiger partial charge in [0.15, 0.2) is 0 Å². The molecule has 0 unspecified atom stereocenters. The summed E-state index contributed by atoms with van der Waals surface area (Å²) in [7, 11) is 0. The van der Waals surface area contributed by atoms with Crippen LogP contribution in [0.4, 0.5) is 0 Å². The fourth-order valence-corrected chi connectivity index (χ4v) is 33.9. The summed E-state index contributed by atoms with van der Waals surface area (Å²) in [6.07, 6.45) is 18.7. The standard InChI is InChI=1S/C58H70B2Cl2.C22H12Cl2.4CH3.2Sn/c1-53(2,3)39-29-43(55(7,8)9)51(44(30-39)56(10,11)12)59-47-27-38-22-20-36-24-26-42(62)34-50(36)60(48(38)28-37(47)21-19-35-23-25-41(61)33-49(35)59)52-45(57(13,14)15)31-40(54(4,5)6)32-46(52)58(16,17)18;23-21-13-9-19(10-14-21)7-5-17-1-2-18(4-3-17)6-8-20-11-15-22(24)16-12-20;;;;;;/h19-34H,1-18H3;1,4-9,11,13-16H;4*1H3;;. The first-order valence-corrected chi connectivity index (χ1v) is 51.8. The second kappa shape index (κ2) is 24.3. The molecule has 92 heavy (non-hydrogen) atoms. The zero-order chi connectivity index (χ0) is 67.1. The van der Waals surface area contributed by atoms with Gasteiger partial charge < -0.3 is 0 Å². The van der Waals surface area contributed by atoms with E-state index >= 15 is 0 Å². The van der Waals surface area contributed by atoms with Crippen LogP contribution in [0.3, 0.4) is 0 Å². The SMILES string of the molecule is CC(C)(C)c1cc(C(C)(C)C)c(B2c3cc(Cl)ccc3C=Cc3cc4c(cc32)C=Cc2ccc(Cl)cc2B4c2c(C(C)(C)C)cc(C(C)(C)C)cc2C(C)(C)C)c(C(C)(C)C)c1.[CH3][Sn]1([CH3])[c]2cc(Cl)ccc2C=Cc2c[c]3c(c[c]21)C=Cc1ccc(Cl)c[c]1[Sn]3([CH3])[CH3]. The third-order valence-electron chi connectivity index (χ3n) is 20.2. The molecular formula is C84H94B2Cl4Sn2. The van der Waals surface area contributed by atoms with Gasteiger partial charge in [-0.15, -0.1) is 0 Å². The van der Waals surface area contributed by atoms with Gasteiger partial charge in [0.1, 0.15) is 0 Å². The van der Waals surface area contributed by atoms with Gasteiger partial charge in [0, 0.05) is 10.0 Å². The summed E-state index contributed by atoms with van der Waals surface area (Å²) >= 11 is 21.3. The maximum absolute atomic E-state index is 7.04. The summed E-state index contributed by atoms with van der Waals surface area (Å²) in [5.41, 5.74) is 26.1. The summed E-state index contributed by atoms with van der Waals surface area (Å²) in [4.78, 5) is 10.1. The predicted octanol–water partition coefficient (Wildman–Crippen LogP) is 18.4. The molecule has 4 aliphatic rings. The van der Waals surface area contributed by atoms with Crippen LogP contribution in [0.15, 0.2) is 121 Å². The second-order valence-corrected chi connectivity index (χ2v) is 60.5. The fourth-order valence-electron chi connectivity index (χ4n) is 15.0. The summed E-state index contributed by atoms with van der Waals surface area (Å²) < 4.78 is 6.11. The zero-order valence-electron chi connectivity index (χ0n) is 58.8. The van der Waals surface area contributed by atoms with Crippen molar-refractivity contribution in [2.24, 2.45) is 0 Å². The van der Waals surface area contributed by atoms with Crippen LogP contribution in [-0.4, -0.2) is 50.2 Å². The molecule has 0 saturated carbocycles. The van der Waals surface area contributed by atoms with Gasteiger partial charge >= 0.3 is 199 Å². The Balaban J connectivity index is 0.000000239. The third-order valence-corrected chi connectivity index (χ3v) is 41.5. The molecule has 0 saturated heterocycles. The van der Waals surface area contributed by atoms with E-state index in [-0.39, 0.29) is 45.9 Å². The van der Waals surface area contributed by atoms with E-state index in [1.807, 2.05) is 24.3 Å². The molecule has 8 aromatic rings. The van der Waals surface area contributed by atoms with E-state index < -0.39 is 36.8 Å². The van der Waals surface area contributed by atoms with Crippen LogP contribution in [-0.2, 0) is 32.5 Å².